The summed E-state index contributed by atoms with van der Waals surface area (Å²) in [5.41, 5.74) is 8.67. The molecule has 25 N–H and O–H groups in total. The summed E-state index contributed by atoms with van der Waals surface area (Å²) in [4.78, 5) is 307. The quantitative estimate of drug-likeness (QED) is 0.0176. The van der Waals surface area contributed by atoms with E-state index in [1.165, 1.54) is 42.5 Å². The third-order valence-electron chi connectivity index (χ3n) is 22.9. The third kappa shape index (κ3) is 34.7. The summed E-state index contributed by atoms with van der Waals surface area (Å²) >= 11 is 0. The molecular weight excluding hydrogens is 1840 g/mol. The maximum atomic E-state index is 14.8. The number of hydrogen-bond acceptors (Lipinski definition) is 24. The molecule has 2 fully saturated rings. The number of H-pyrrole nitrogens is 2. The molecule has 754 valence electrons. The largest absolute Gasteiger partial charge is 0.508 e. The van der Waals surface area contributed by atoms with Crippen LogP contribution in [0, 0.1) is 5.92 Å². The summed E-state index contributed by atoms with van der Waals surface area (Å²) in [6.45, 7) is 2.77. The predicted octanol–water partition coefficient (Wildman–Crippen LogP) is -3.53. The number of nitrogens with zero attached hydrogens (tertiary/aromatic N) is 1. The van der Waals surface area contributed by atoms with Gasteiger partial charge in [0.1, 0.15) is 90.3 Å². The van der Waals surface area contributed by atoms with E-state index < -0.39 is 292 Å². The van der Waals surface area contributed by atoms with Gasteiger partial charge in [-0.05, 0) is 117 Å². The number of aromatic amines is 2. The van der Waals surface area contributed by atoms with Crippen LogP contribution in [0.5, 0.6) is 5.75 Å². The Morgan fingerprint density at radius 2 is 0.836 bits per heavy atom. The van der Waals surface area contributed by atoms with Crippen LogP contribution in [-0.4, -0.2) is 294 Å². The Morgan fingerprint density at radius 1 is 0.421 bits per heavy atom. The first-order chi connectivity index (χ1) is 66.5. The van der Waals surface area contributed by atoms with E-state index in [4.69, 9.17) is 10.5 Å². The van der Waals surface area contributed by atoms with Crippen LogP contribution < -0.4 is 85.5 Å². The fraction of sp³-hybridized carbons (Fsp3) is 0.457. The number of carboxylic acids is 5. The first-order valence-electron chi connectivity index (χ1n) is 45.1. The van der Waals surface area contributed by atoms with Gasteiger partial charge in [-0.1, -0.05) is 92.7 Å². The minimum Gasteiger partial charge on any atom is -0.508 e. The number of phenolic OH excluding ortho intramolecular Hbond substituents is 1. The van der Waals surface area contributed by atoms with Gasteiger partial charge < -0.3 is 136 Å². The van der Waals surface area contributed by atoms with Gasteiger partial charge in [0.15, 0.2) is 0 Å². The molecule has 2 aromatic heterocycles. The van der Waals surface area contributed by atoms with E-state index in [0.717, 1.165) is 6.92 Å². The molecule has 48 heteroatoms. The molecule has 0 unspecified atom stereocenters. The topological polar surface area (TPSA) is 747 Å². The zero-order valence-electron chi connectivity index (χ0n) is 77.0. The number of benzene rings is 4. The van der Waals surface area contributed by atoms with Crippen molar-refractivity contribution in [1.29, 1.82) is 0 Å². The van der Waals surface area contributed by atoms with Gasteiger partial charge in [0, 0.05) is 112 Å². The lowest BCUT2D eigenvalue weighted by Gasteiger charge is -2.29. The number of rotatable bonds is 57. The molecule has 8 rings (SSSR count). The summed E-state index contributed by atoms with van der Waals surface area (Å²) in [7, 11) is 1.27. The van der Waals surface area contributed by atoms with Crippen molar-refractivity contribution in [3.05, 3.63) is 138 Å². The molecule has 4 heterocycles. The van der Waals surface area contributed by atoms with E-state index in [1.807, 2.05) is 0 Å². The Bertz CT molecular complexity index is 5510. The molecule has 2 aliphatic heterocycles. The van der Waals surface area contributed by atoms with Gasteiger partial charge in [0.25, 0.3) is 0 Å². The average Bonchev–Trinajstić information content (AvgIpc) is 1.67. The van der Waals surface area contributed by atoms with Crippen LogP contribution >= 0.6 is 0 Å². The van der Waals surface area contributed by atoms with Gasteiger partial charge in [-0.3, -0.25) is 105 Å². The highest BCUT2D eigenvalue weighted by Gasteiger charge is 2.42. The van der Waals surface area contributed by atoms with Crippen LogP contribution in [0.2, 0.25) is 0 Å². The van der Waals surface area contributed by atoms with Crippen molar-refractivity contribution >= 4 is 152 Å². The van der Waals surface area contributed by atoms with Crippen molar-refractivity contribution in [2.45, 2.75) is 227 Å². The second-order valence-corrected chi connectivity index (χ2v) is 34.1. The number of methoxy groups -OCH3 is 1. The summed E-state index contributed by atoms with van der Waals surface area (Å²) in [6.07, 6.45) is -5.52. The van der Waals surface area contributed by atoms with Crippen LogP contribution in [0.4, 0.5) is 0 Å². The molecule has 0 bridgehead atoms. The molecule has 4 aromatic carbocycles. The van der Waals surface area contributed by atoms with Gasteiger partial charge in [0.05, 0.1) is 19.5 Å². The number of phenols is 1. The summed E-state index contributed by atoms with van der Waals surface area (Å²) in [5, 5.41) is 97.1. The van der Waals surface area contributed by atoms with Crippen molar-refractivity contribution in [3.8, 4) is 5.75 Å². The molecule has 48 nitrogen and oxygen atoms in total. The van der Waals surface area contributed by atoms with Crippen molar-refractivity contribution in [2.75, 3.05) is 33.4 Å². The molecule has 0 spiro atoms. The Kier molecular flexibility index (Phi) is 41.8. The lowest BCUT2D eigenvalue weighted by atomic mass is 9.99. The molecular formula is C92H117N19O29. The van der Waals surface area contributed by atoms with E-state index in [0.29, 0.717) is 44.9 Å². The highest BCUT2D eigenvalue weighted by Crippen LogP contribution is 2.25. The SMILES string of the molecule is COCC[C@H](NC(=O)[C@H](Cc1c[nH]c2ccccc12)NC(=O)CNC(=O)[C@H](Cc1ccc(O)cc1)NC(=O)[C@H](C)NC(=O)[C@H](CCC(=O)O)NC(=O)[C@H](CCC(=O)O)NC(=O)[C@H](CCC(=O)O)NC(=O)[C@H](CCC(=O)O)NC(=O)[C@H](CC(C)C)NC(=O)[C@H](Cc1c[nH]c2ccccc12)NC(=O)[C@@H]1CCCN1C(=O)CNC(=O)[C@@H]1CCC(=O)N1)C(=O)N[C@@H](CC(=O)O)C(=O)N[C@@H](Cc1ccccc1)C(N)=O. The minimum absolute atomic E-state index is 0.0864. The van der Waals surface area contributed by atoms with E-state index >= 15 is 0 Å². The van der Waals surface area contributed by atoms with E-state index in [9.17, 15) is 136 Å². The normalized spacial score (nSPS) is 15.8. The Labute approximate surface area is 800 Å². The molecule has 6 aromatic rings. The number of carbonyl (C=O) groups excluding carboxylic acids is 17. The number of aliphatic carboxylic acids is 5. The van der Waals surface area contributed by atoms with Gasteiger partial charge in [-0.15, -0.1) is 0 Å². The second kappa shape index (κ2) is 53.5. The van der Waals surface area contributed by atoms with Crippen molar-refractivity contribution in [1.82, 2.24) is 94.6 Å². The van der Waals surface area contributed by atoms with Crippen molar-refractivity contribution in [3.63, 3.8) is 0 Å². The zero-order chi connectivity index (χ0) is 103. The molecule has 14 atom stereocenters. The number of para-hydroxylation sites is 2. The Hall–Kier alpha value is -15.9. The molecule has 0 radical (unpaired) electrons. The van der Waals surface area contributed by atoms with Gasteiger partial charge >= 0.3 is 29.8 Å². The number of amides is 17. The summed E-state index contributed by atoms with van der Waals surface area (Å²) in [6, 6.07) is 4.17. The van der Waals surface area contributed by atoms with E-state index in [2.05, 4.69) is 89.7 Å². The Balaban J connectivity index is 0.954. The number of nitrogens with one attached hydrogen (secondary N) is 17. The standard InChI is InChI=1S/C92H117N19O29/c1-47(2)37-65(108-90(137)68(41-52-44-95-57-18-11-9-16-55(52)57)110-92(139)70-19-12-35-111(70)73(115)46-97-81(128)58-24-29-71(113)99-58)88(135)104-62(28-33-77(122)123)86(133)103-61(27-32-76(120)121)85(132)102-60(26-31-75(118)119)84(131)101-59(25-30-74(116)117)83(130)98-48(3)80(127)107-66(39-50-20-22-53(112)23-21-50)82(129)96-45-72(114)100-67(40-51-43-94-56-17-10-8-15-54(51)56)89(136)105-63(34-36-140-4)87(134)109-69(42-78(124)125)91(138)106-64(79(93)126)38-49-13-6-5-7-14-49/h5-11,13-18,20-23,43-44,47-48,58-70,94-95,112H,12,19,24-42,45-46H2,1-4H3,(H2,93,126)(H,96,129)(H,97,128)(H,98,130)(H,99,113)(H,100,114)(H,101,131)(H,102,132)(H,103,133)(H,104,135)(H,105,136)(H,106,138)(H,107,127)(H,108,137)(H,109,134)(H,110,139)(H,116,117)(H,118,119)(H,120,121)(H,122,123)(H,124,125)/t48-,58-,59-,60-,61-,62-,63-,64-,65-,66-,67-,68-,69-,70-/m0/s1. The number of carboxylic acid groups (broad SMARTS) is 5. The van der Waals surface area contributed by atoms with Crippen LogP contribution in [-0.2, 0) is 136 Å². The number of ether oxygens (including phenoxy) is 1. The fourth-order valence-electron chi connectivity index (χ4n) is 15.5. The van der Waals surface area contributed by atoms with Gasteiger partial charge in [0.2, 0.25) is 100 Å². The fourth-order valence-corrected chi connectivity index (χ4v) is 15.5. The highest BCUT2D eigenvalue weighted by molar-refractivity contribution is 6.02. The van der Waals surface area contributed by atoms with Crippen LogP contribution in [0.15, 0.2) is 116 Å². The zero-order valence-corrected chi connectivity index (χ0v) is 77.0. The molecule has 0 aliphatic carbocycles. The van der Waals surface area contributed by atoms with Gasteiger partial charge in [-0.2, -0.15) is 0 Å². The van der Waals surface area contributed by atoms with Crippen LogP contribution in [0.1, 0.15) is 139 Å². The van der Waals surface area contributed by atoms with Crippen molar-refractivity contribution in [2.24, 2.45) is 11.7 Å². The molecule has 0 saturated carbocycles. The van der Waals surface area contributed by atoms with Gasteiger partial charge in [-0.25, -0.2) is 0 Å². The number of hydrogen-bond donors (Lipinski definition) is 24. The number of primary amides is 1. The first kappa shape index (κ1) is 109. The monoisotopic (exact) mass is 1950 g/mol. The first-order valence-corrected chi connectivity index (χ1v) is 45.1. The molecule has 17 amide bonds. The lowest BCUT2D eigenvalue weighted by Crippen LogP contribution is -2.60. The van der Waals surface area contributed by atoms with Crippen LogP contribution in [0.3, 0.4) is 0 Å². The molecule has 2 aliphatic rings. The second-order valence-electron chi connectivity index (χ2n) is 34.1. The summed E-state index contributed by atoms with van der Waals surface area (Å²) < 4.78 is 5.21. The molecule has 140 heavy (non-hydrogen) atoms. The van der Waals surface area contributed by atoms with E-state index in [1.54, 1.807) is 98.9 Å². The number of likely N-dealkylation sites (tertiary alicyclic amines) is 1. The highest BCUT2D eigenvalue weighted by atomic mass is 16.5. The summed E-state index contributed by atoms with van der Waals surface area (Å²) in [5.74, 6) is -26.0. The number of carbonyl (C=O) groups is 22. The molecule has 2 saturated heterocycles. The number of nitrogens with two attached hydrogens (primary N) is 1. The Morgan fingerprint density at radius 3 is 1.31 bits per heavy atom. The predicted molar refractivity (Wildman–Crippen MR) is 492 cm³/mol. The van der Waals surface area contributed by atoms with Crippen LogP contribution in [0.25, 0.3) is 21.8 Å². The maximum absolute atomic E-state index is 14.8. The number of aromatic nitrogens is 2. The van der Waals surface area contributed by atoms with Crippen molar-refractivity contribution < 1.29 is 141 Å². The maximum Gasteiger partial charge on any atom is 0.305 e. The third-order valence-corrected chi connectivity index (χ3v) is 22.9. The number of fused-ring (bicyclic) bond motifs is 2. The smallest absolute Gasteiger partial charge is 0.305 e. The van der Waals surface area contributed by atoms with E-state index in [-0.39, 0.29) is 81.7 Å². The average molecular weight is 1950 g/mol. The lowest BCUT2D eigenvalue weighted by molar-refractivity contribution is -0.141. The minimum atomic E-state index is -2.07. The number of aromatic hydroxyl groups is 1.